The highest BCUT2D eigenvalue weighted by Crippen LogP contribution is 2.20. The van der Waals surface area contributed by atoms with Crippen LogP contribution in [0.25, 0.3) is 0 Å². The van der Waals surface area contributed by atoms with E-state index in [1.165, 1.54) is 103 Å². The van der Waals surface area contributed by atoms with Crippen molar-refractivity contribution in [3.8, 4) is 0 Å². The second kappa shape index (κ2) is 50.1. The van der Waals surface area contributed by atoms with Gasteiger partial charge in [-0.15, -0.1) is 0 Å². The van der Waals surface area contributed by atoms with Gasteiger partial charge >= 0.3 is 30.0 Å². The minimum absolute atomic E-state index is 0.0261. The van der Waals surface area contributed by atoms with Gasteiger partial charge in [0.05, 0.1) is 19.8 Å². The molecule has 12 nitrogen and oxygen atoms in total. The first kappa shape index (κ1) is 66.1. The molecule has 0 aromatic rings. The second-order valence-electron chi connectivity index (χ2n) is 19.9. The molecule has 0 aromatic carbocycles. The van der Waals surface area contributed by atoms with Crippen molar-refractivity contribution in [1.29, 1.82) is 0 Å². The molecule has 0 saturated heterocycles. The maximum atomic E-state index is 13.1. The molecule has 0 fully saturated rings. The summed E-state index contributed by atoms with van der Waals surface area (Å²) in [4.78, 5) is 65.6. The van der Waals surface area contributed by atoms with Crippen LogP contribution in [0.1, 0.15) is 278 Å². The fourth-order valence-electron chi connectivity index (χ4n) is 8.40. The van der Waals surface area contributed by atoms with Gasteiger partial charge in [-0.3, -0.25) is 14.4 Å². The van der Waals surface area contributed by atoms with Crippen molar-refractivity contribution in [1.82, 2.24) is 4.90 Å². The van der Waals surface area contributed by atoms with Crippen LogP contribution < -0.4 is 0 Å². The summed E-state index contributed by atoms with van der Waals surface area (Å²) in [7, 11) is 3.85. The number of carbonyl (C=O) groups is 5. The number of rotatable bonds is 51. The van der Waals surface area contributed by atoms with E-state index in [0.29, 0.717) is 32.1 Å². The molecule has 0 aliphatic carbocycles. The summed E-state index contributed by atoms with van der Waals surface area (Å²) in [5.41, 5.74) is 0. The van der Waals surface area contributed by atoms with Crippen LogP contribution >= 0.6 is 0 Å². The van der Waals surface area contributed by atoms with Gasteiger partial charge in [-0.2, -0.15) is 0 Å². The number of hydrogen-bond acceptors (Lipinski definition) is 12. The van der Waals surface area contributed by atoms with Crippen LogP contribution in [-0.4, -0.2) is 93.7 Å². The van der Waals surface area contributed by atoms with E-state index in [1.807, 2.05) is 19.0 Å². The highest BCUT2D eigenvalue weighted by Gasteiger charge is 2.27. The van der Waals surface area contributed by atoms with Crippen LogP contribution in [0.15, 0.2) is 0 Å². The van der Waals surface area contributed by atoms with Gasteiger partial charge in [-0.05, 0) is 97.6 Å². The largest absolute Gasteiger partial charge is 0.509 e. The molecule has 0 N–H and O–H groups in total. The average molecular weight is 982 g/mol. The zero-order chi connectivity index (χ0) is 50.8. The topological polar surface area (TPSA) is 144 Å². The lowest BCUT2D eigenvalue weighted by Gasteiger charge is -2.18. The Kier molecular flexibility index (Phi) is 48.0. The maximum Gasteiger partial charge on any atom is 0.509 e. The summed E-state index contributed by atoms with van der Waals surface area (Å²) in [5.74, 6) is -1.38. The Hall–Kier alpha value is -2.89. The molecule has 0 bridgehead atoms. The predicted octanol–water partition coefficient (Wildman–Crippen LogP) is 15.3. The Bertz CT molecular complexity index is 1210. The van der Waals surface area contributed by atoms with Crippen molar-refractivity contribution in [3.63, 3.8) is 0 Å². The number of unbranched alkanes of at least 4 members (excludes halogenated alkanes) is 24. The third kappa shape index (κ3) is 46.0. The zero-order valence-electron chi connectivity index (χ0n) is 45.6. The fourth-order valence-corrected chi connectivity index (χ4v) is 8.40. The van der Waals surface area contributed by atoms with Gasteiger partial charge in [0.25, 0.3) is 0 Å². The number of carbonyl (C=O) groups excluding carboxylic acids is 5. The van der Waals surface area contributed by atoms with Crippen LogP contribution in [-0.2, 0) is 47.6 Å². The molecule has 3 atom stereocenters. The van der Waals surface area contributed by atoms with Crippen molar-refractivity contribution in [2.24, 2.45) is 0 Å². The van der Waals surface area contributed by atoms with Gasteiger partial charge in [0.15, 0.2) is 0 Å². The number of nitrogens with zero attached hydrogens (tertiary/aromatic N) is 1. The van der Waals surface area contributed by atoms with Gasteiger partial charge in [0.1, 0.15) is 12.2 Å². The molecular formula is C57H107NO11. The lowest BCUT2D eigenvalue weighted by molar-refractivity contribution is -0.157. The molecule has 0 rings (SSSR count). The summed E-state index contributed by atoms with van der Waals surface area (Å²) in [5, 5.41) is 0. The summed E-state index contributed by atoms with van der Waals surface area (Å²) < 4.78 is 33.4. The summed E-state index contributed by atoms with van der Waals surface area (Å²) in [6, 6.07) is 0. The van der Waals surface area contributed by atoms with E-state index in [1.54, 1.807) is 0 Å². The van der Waals surface area contributed by atoms with Crippen molar-refractivity contribution in [2.45, 2.75) is 296 Å². The van der Waals surface area contributed by atoms with E-state index in [4.69, 9.17) is 28.4 Å². The van der Waals surface area contributed by atoms with Crippen molar-refractivity contribution in [3.05, 3.63) is 0 Å². The Morgan fingerprint density at radius 3 is 1.14 bits per heavy atom. The third-order valence-electron chi connectivity index (χ3n) is 12.8. The van der Waals surface area contributed by atoms with Crippen LogP contribution in [0.2, 0.25) is 0 Å². The monoisotopic (exact) mass is 982 g/mol. The molecule has 0 aromatic heterocycles. The quantitative estimate of drug-likeness (QED) is 0.0325. The molecule has 69 heavy (non-hydrogen) atoms. The normalized spacial score (nSPS) is 12.6. The number of hydrogen-bond donors (Lipinski definition) is 0. The van der Waals surface area contributed by atoms with Gasteiger partial charge in [-0.25, -0.2) is 9.59 Å². The van der Waals surface area contributed by atoms with Gasteiger partial charge in [0, 0.05) is 32.2 Å². The first-order chi connectivity index (χ1) is 33.6. The molecule has 0 aliphatic heterocycles. The lowest BCUT2D eigenvalue weighted by atomic mass is 10.0. The van der Waals surface area contributed by atoms with Crippen molar-refractivity contribution >= 4 is 30.0 Å². The van der Waals surface area contributed by atoms with Gasteiger partial charge in [-0.1, -0.05) is 169 Å². The molecule has 0 saturated carbocycles. The SMILES string of the molecule is CCCCCCCCC(CCCCCC)OC(=O)CCCCCCCOC(=O)CCC(OC(=O)OCCCN(C)C)C(=O)OCCCCCCCC(=O)OC(CCCCCC)CCCCCCCC. The minimum Gasteiger partial charge on any atom is -0.466 e. The molecule has 0 heterocycles. The highest BCUT2D eigenvalue weighted by atomic mass is 16.7. The molecule has 0 aliphatic rings. The third-order valence-corrected chi connectivity index (χ3v) is 12.8. The Balaban J connectivity index is 4.61. The standard InChI is InChI=1S/C57H107NO11/c1-7-11-15-19-23-31-40-50(38-29-17-13-9-3)67-54(60)42-33-25-21-27-35-47-64-53(59)45-44-52(69-57(63)66-49-37-46-58(5)6)56(62)65-48-36-28-22-26-34-43-55(61)68-51(39-30-18-14-10-4)41-32-24-20-16-12-8-2/h50-52H,7-49H2,1-6H3. The van der Waals surface area contributed by atoms with E-state index in [9.17, 15) is 24.0 Å². The van der Waals surface area contributed by atoms with E-state index >= 15 is 0 Å². The summed E-state index contributed by atoms with van der Waals surface area (Å²) in [6.07, 6.45) is 35.3. The lowest BCUT2D eigenvalue weighted by Crippen LogP contribution is -2.31. The van der Waals surface area contributed by atoms with Crippen LogP contribution in [0.5, 0.6) is 0 Å². The number of esters is 4. The first-order valence-corrected chi connectivity index (χ1v) is 28.7. The average Bonchev–Trinajstić information content (AvgIpc) is 3.32. The Morgan fingerprint density at radius 2 is 0.710 bits per heavy atom. The minimum atomic E-state index is -1.29. The highest BCUT2D eigenvalue weighted by molar-refractivity contribution is 5.78. The van der Waals surface area contributed by atoms with E-state index in [2.05, 4.69) is 27.7 Å². The summed E-state index contributed by atoms with van der Waals surface area (Å²) >= 11 is 0. The molecule has 0 radical (unpaired) electrons. The van der Waals surface area contributed by atoms with Crippen molar-refractivity contribution < 1.29 is 52.4 Å². The molecule has 0 spiro atoms. The second-order valence-corrected chi connectivity index (χ2v) is 19.9. The maximum absolute atomic E-state index is 13.1. The van der Waals surface area contributed by atoms with Gasteiger partial charge < -0.3 is 33.3 Å². The Morgan fingerprint density at radius 1 is 0.348 bits per heavy atom. The predicted molar refractivity (Wildman–Crippen MR) is 279 cm³/mol. The summed E-state index contributed by atoms with van der Waals surface area (Å²) in [6.45, 7) is 10.2. The first-order valence-electron chi connectivity index (χ1n) is 28.7. The number of ether oxygens (including phenoxy) is 6. The fraction of sp³-hybridized carbons (Fsp3) is 0.912. The van der Waals surface area contributed by atoms with E-state index in [-0.39, 0.29) is 56.8 Å². The molecular weight excluding hydrogens is 875 g/mol. The van der Waals surface area contributed by atoms with Crippen LogP contribution in [0.3, 0.4) is 0 Å². The molecule has 12 heteroatoms. The molecule has 406 valence electrons. The zero-order valence-corrected chi connectivity index (χ0v) is 45.6. The smallest absolute Gasteiger partial charge is 0.466 e. The molecule has 0 amide bonds. The van der Waals surface area contributed by atoms with E-state index in [0.717, 1.165) is 109 Å². The van der Waals surface area contributed by atoms with Gasteiger partial charge in [0.2, 0.25) is 6.10 Å². The van der Waals surface area contributed by atoms with Crippen molar-refractivity contribution in [2.75, 3.05) is 40.5 Å². The Labute approximate surface area is 422 Å². The molecule has 3 unspecified atom stereocenters. The van der Waals surface area contributed by atoms with E-state index < -0.39 is 24.2 Å². The van der Waals surface area contributed by atoms with Crippen LogP contribution in [0, 0.1) is 0 Å². The van der Waals surface area contributed by atoms with Crippen LogP contribution in [0.4, 0.5) is 4.79 Å².